The van der Waals surface area contributed by atoms with E-state index in [1.807, 2.05) is 24.3 Å². The highest BCUT2D eigenvalue weighted by Gasteiger charge is 2.16. The van der Waals surface area contributed by atoms with Gasteiger partial charge in [0.05, 0.1) is 0 Å². The Hall–Kier alpha value is -0.930. The molecule has 0 spiro atoms. The Morgan fingerprint density at radius 2 is 2.10 bits per heavy atom. The minimum atomic E-state index is -0.276. The minimum Gasteiger partial charge on any atom is -0.370 e. The van der Waals surface area contributed by atoms with Crippen LogP contribution in [-0.4, -0.2) is 12.5 Å². The second kappa shape index (κ2) is 8.38. The van der Waals surface area contributed by atoms with Gasteiger partial charge in [-0.15, -0.1) is 30.4 Å². The van der Waals surface area contributed by atoms with Crippen molar-refractivity contribution in [3.8, 4) is 12.3 Å². The van der Waals surface area contributed by atoms with Crippen LogP contribution in [0.3, 0.4) is 0 Å². The molecule has 0 aromatic heterocycles. The standard InChI is InChI=1S/C15H18ClN3.HI/c1-2-14(12-6-8-13(16)9-7-12)19-15(17)18-10-11-4-3-5-11;/h1,6-9,11,14H,3-5,10H2,(H3,17,18,19);1H. The molecule has 0 aliphatic heterocycles. The number of nitrogens with two attached hydrogens (primary N) is 1. The second-order valence-electron chi connectivity index (χ2n) is 4.82. The average molecular weight is 404 g/mol. The van der Waals surface area contributed by atoms with E-state index in [-0.39, 0.29) is 30.0 Å². The molecule has 2 rings (SSSR count). The maximum Gasteiger partial charge on any atom is 0.189 e. The van der Waals surface area contributed by atoms with Crippen molar-refractivity contribution in [3.63, 3.8) is 0 Å². The topological polar surface area (TPSA) is 50.4 Å². The number of aliphatic imine (C=N–C) groups is 1. The average Bonchev–Trinajstić information content (AvgIpc) is 2.35. The Kier molecular flexibility index (Phi) is 7.17. The van der Waals surface area contributed by atoms with E-state index in [9.17, 15) is 0 Å². The van der Waals surface area contributed by atoms with Crippen LogP contribution in [0.2, 0.25) is 5.02 Å². The van der Waals surface area contributed by atoms with Gasteiger partial charge in [-0.2, -0.15) is 0 Å². The number of nitrogens with one attached hydrogen (secondary N) is 1. The van der Waals surface area contributed by atoms with Gasteiger partial charge >= 0.3 is 0 Å². The fraction of sp³-hybridized carbons (Fsp3) is 0.400. The van der Waals surface area contributed by atoms with E-state index in [1.54, 1.807) is 0 Å². The van der Waals surface area contributed by atoms with Crippen molar-refractivity contribution in [3.05, 3.63) is 34.9 Å². The fourth-order valence-corrected chi connectivity index (χ4v) is 2.10. The first kappa shape index (κ1) is 17.1. The van der Waals surface area contributed by atoms with Gasteiger partial charge in [0.1, 0.15) is 6.04 Å². The number of halogens is 2. The highest BCUT2D eigenvalue weighted by atomic mass is 127. The van der Waals surface area contributed by atoms with Crippen molar-refractivity contribution < 1.29 is 0 Å². The highest BCUT2D eigenvalue weighted by Crippen LogP contribution is 2.26. The number of nitrogens with zero attached hydrogens (tertiary/aromatic N) is 1. The first-order valence-electron chi connectivity index (χ1n) is 6.47. The number of terminal acetylenes is 1. The lowest BCUT2D eigenvalue weighted by atomic mass is 9.86. The van der Waals surface area contributed by atoms with Gasteiger partial charge in [-0.05, 0) is 36.5 Å². The molecule has 0 heterocycles. The molecule has 5 heteroatoms. The van der Waals surface area contributed by atoms with E-state index >= 15 is 0 Å². The molecular formula is C15H19ClIN3. The second-order valence-corrected chi connectivity index (χ2v) is 5.25. The third-order valence-corrected chi connectivity index (χ3v) is 3.66. The minimum absolute atomic E-state index is 0. The number of hydrogen-bond acceptors (Lipinski definition) is 1. The van der Waals surface area contributed by atoms with Crippen LogP contribution in [0.4, 0.5) is 0 Å². The molecule has 3 nitrogen and oxygen atoms in total. The Labute approximate surface area is 142 Å². The number of hydrogen-bond donors (Lipinski definition) is 2. The van der Waals surface area contributed by atoms with Gasteiger partial charge in [-0.1, -0.05) is 36.1 Å². The maximum absolute atomic E-state index is 5.86. The highest BCUT2D eigenvalue weighted by molar-refractivity contribution is 14.0. The molecule has 0 radical (unpaired) electrons. The summed E-state index contributed by atoms with van der Waals surface area (Å²) in [6.07, 6.45) is 9.35. The van der Waals surface area contributed by atoms with Gasteiger partial charge in [-0.3, -0.25) is 4.99 Å². The van der Waals surface area contributed by atoms with E-state index in [1.165, 1.54) is 19.3 Å². The number of guanidine groups is 1. The summed E-state index contributed by atoms with van der Waals surface area (Å²) in [6, 6.07) is 7.12. The van der Waals surface area contributed by atoms with Crippen molar-refractivity contribution in [1.29, 1.82) is 0 Å². The van der Waals surface area contributed by atoms with Crippen LogP contribution in [0.25, 0.3) is 0 Å². The van der Waals surface area contributed by atoms with Crippen molar-refractivity contribution in [2.75, 3.05) is 6.54 Å². The summed E-state index contributed by atoms with van der Waals surface area (Å²) in [5.41, 5.74) is 6.81. The van der Waals surface area contributed by atoms with Crippen molar-refractivity contribution in [2.24, 2.45) is 16.6 Å². The quantitative estimate of drug-likeness (QED) is 0.351. The zero-order chi connectivity index (χ0) is 13.7. The van der Waals surface area contributed by atoms with Crippen molar-refractivity contribution in [2.45, 2.75) is 25.3 Å². The molecule has 1 aliphatic rings. The summed E-state index contributed by atoms with van der Waals surface area (Å²) < 4.78 is 0. The van der Waals surface area contributed by atoms with Gasteiger partial charge in [-0.25, -0.2) is 0 Å². The summed E-state index contributed by atoms with van der Waals surface area (Å²) in [6.45, 7) is 0.788. The van der Waals surface area contributed by atoms with Gasteiger partial charge in [0.15, 0.2) is 5.96 Å². The van der Waals surface area contributed by atoms with Gasteiger partial charge in [0, 0.05) is 11.6 Å². The number of rotatable bonds is 4. The molecule has 20 heavy (non-hydrogen) atoms. The predicted molar refractivity (Wildman–Crippen MR) is 95.4 cm³/mol. The molecule has 1 fully saturated rings. The van der Waals surface area contributed by atoms with Crippen LogP contribution < -0.4 is 11.1 Å². The molecule has 3 N–H and O–H groups in total. The molecule has 0 amide bonds. The van der Waals surface area contributed by atoms with Crippen LogP contribution in [0.1, 0.15) is 30.9 Å². The fourth-order valence-electron chi connectivity index (χ4n) is 1.97. The molecule has 1 aromatic rings. The maximum atomic E-state index is 5.86. The van der Waals surface area contributed by atoms with Crippen molar-refractivity contribution >= 4 is 41.5 Å². The Balaban J connectivity index is 0.00000200. The Bertz CT molecular complexity index is 489. The summed E-state index contributed by atoms with van der Waals surface area (Å²) in [5, 5.41) is 3.74. The van der Waals surface area contributed by atoms with Crippen LogP contribution in [0.15, 0.2) is 29.3 Å². The summed E-state index contributed by atoms with van der Waals surface area (Å²) >= 11 is 5.85. The Morgan fingerprint density at radius 1 is 1.45 bits per heavy atom. The van der Waals surface area contributed by atoms with E-state index in [2.05, 4.69) is 16.2 Å². The number of benzene rings is 1. The van der Waals surface area contributed by atoms with Gasteiger partial charge < -0.3 is 11.1 Å². The van der Waals surface area contributed by atoms with Gasteiger partial charge in [0.25, 0.3) is 0 Å². The summed E-state index contributed by atoms with van der Waals surface area (Å²) in [4.78, 5) is 4.34. The van der Waals surface area contributed by atoms with Gasteiger partial charge in [0.2, 0.25) is 0 Å². The summed E-state index contributed by atoms with van der Waals surface area (Å²) in [5.74, 6) is 3.77. The molecule has 1 aliphatic carbocycles. The summed E-state index contributed by atoms with van der Waals surface area (Å²) in [7, 11) is 0. The molecular weight excluding hydrogens is 385 g/mol. The van der Waals surface area contributed by atoms with Crippen LogP contribution in [0, 0.1) is 18.3 Å². The zero-order valence-electron chi connectivity index (χ0n) is 11.2. The normalized spacial score (nSPS) is 16.5. The SMILES string of the molecule is C#CC(NC(N)=NCC1CCC1)c1ccc(Cl)cc1.I. The van der Waals surface area contributed by atoms with E-state index in [0.29, 0.717) is 16.9 Å². The van der Waals surface area contributed by atoms with Crippen LogP contribution >= 0.6 is 35.6 Å². The lowest BCUT2D eigenvalue weighted by molar-refractivity contribution is 0.326. The first-order valence-corrected chi connectivity index (χ1v) is 6.85. The largest absolute Gasteiger partial charge is 0.370 e. The zero-order valence-corrected chi connectivity index (χ0v) is 14.3. The monoisotopic (exact) mass is 403 g/mol. The Morgan fingerprint density at radius 3 is 2.60 bits per heavy atom. The molecule has 108 valence electrons. The van der Waals surface area contributed by atoms with Crippen molar-refractivity contribution in [1.82, 2.24) is 5.32 Å². The molecule has 1 aromatic carbocycles. The molecule has 1 unspecified atom stereocenters. The van der Waals surface area contributed by atoms with Crippen LogP contribution in [0.5, 0.6) is 0 Å². The van der Waals surface area contributed by atoms with E-state index in [0.717, 1.165) is 12.1 Å². The molecule has 0 bridgehead atoms. The van der Waals surface area contributed by atoms with Crippen LogP contribution in [-0.2, 0) is 0 Å². The smallest absolute Gasteiger partial charge is 0.189 e. The molecule has 0 saturated heterocycles. The third kappa shape index (κ3) is 4.88. The lowest BCUT2D eigenvalue weighted by Crippen LogP contribution is -2.35. The molecule has 1 atom stereocenters. The first-order chi connectivity index (χ1) is 9.19. The predicted octanol–water partition coefficient (Wildman–Crippen LogP) is 3.34. The third-order valence-electron chi connectivity index (χ3n) is 3.41. The lowest BCUT2D eigenvalue weighted by Gasteiger charge is -2.23. The molecule has 1 saturated carbocycles. The van der Waals surface area contributed by atoms with E-state index in [4.69, 9.17) is 23.8 Å². The van der Waals surface area contributed by atoms with E-state index < -0.39 is 0 Å².